The number of ether oxygens (including phenoxy) is 1. The van der Waals surface area contributed by atoms with E-state index in [1.54, 1.807) is 18.2 Å². The number of hydrogen-bond acceptors (Lipinski definition) is 3. The molecule has 0 aromatic heterocycles. The molecule has 0 saturated carbocycles. The molecule has 0 radical (unpaired) electrons. The standard InChI is InChI=1S/C16H22O3/c1-3-5-6-9-13(17)12-15(18)14-10-7-8-11-16(14)19-4-2/h7-8,10-11H,3-6,9,12H2,1-2H3. The number of rotatable bonds is 9. The summed E-state index contributed by atoms with van der Waals surface area (Å²) < 4.78 is 5.41. The summed E-state index contributed by atoms with van der Waals surface area (Å²) in [4.78, 5) is 23.8. The summed E-state index contributed by atoms with van der Waals surface area (Å²) in [5, 5.41) is 0. The first-order valence-electron chi connectivity index (χ1n) is 6.95. The minimum atomic E-state index is -0.148. The molecule has 0 spiro atoms. The highest BCUT2D eigenvalue weighted by atomic mass is 16.5. The quantitative estimate of drug-likeness (QED) is 0.386. The van der Waals surface area contributed by atoms with E-state index in [4.69, 9.17) is 4.74 Å². The van der Waals surface area contributed by atoms with Crippen molar-refractivity contribution in [3.8, 4) is 5.75 Å². The Morgan fingerprint density at radius 3 is 2.53 bits per heavy atom. The number of carbonyl (C=O) groups excluding carboxylic acids is 2. The number of unbranched alkanes of at least 4 members (excludes halogenated alkanes) is 2. The molecule has 0 saturated heterocycles. The van der Waals surface area contributed by atoms with Gasteiger partial charge in [-0.25, -0.2) is 0 Å². The summed E-state index contributed by atoms with van der Waals surface area (Å²) in [5.41, 5.74) is 0.508. The van der Waals surface area contributed by atoms with Crippen molar-refractivity contribution in [2.75, 3.05) is 6.61 Å². The van der Waals surface area contributed by atoms with Gasteiger partial charge in [0.1, 0.15) is 11.5 Å². The van der Waals surface area contributed by atoms with Crippen LogP contribution in [0.15, 0.2) is 24.3 Å². The van der Waals surface area contributed by atoms with Crippen LogP contribution in [0.25, 0.3) is 0 Å². The van der Waals surface area contributed by atoms with Gasteiger partial charge in [0.25, 0.3) is 0 Å². The lowest BCUT2D eigenvalue weighted by molar-refractivity contribution is -0.118. The number of benzene rings is 1. The van der Waals surface area contributed by atoms with E-state index >= 15 is 0 Å². The fourth-order valence-corrected chi connectivity index (χ4v) is 1.91. The van der Waals surface area contributed by atoms with Gasteiger partial charge in [-0.05, 0) is 25.5 Å². The van der Waals surface area contributed by atoms with Gasteiger partial charge in [-0.15, -0.1) is 0 Å². The van der Waals surface area contributed by atoms with Gasteiger partial charge in [0, 0.05) is 6.42 Å². The largest absolute Gasteiger partial charge is 0.493 e. The van der Waals surface area contributed by atoms with Gasteiger partial charge in [-0.2, -0.15) is 0 Å². The predicted molar refractivity (Wildman–Crippen MR) is 75.7 cm³/mol. The Balaban J connectivity index is 2.60. The zero-order valence-electron chi connectivity index (χ0n) is 11.8. The Bertz CT molecular complexity index is 424. The van der Waals surface area contributed by atoms with Gasteiger partial charge in [-0.1, -0.05) is 31.9 Å². The number of ketones is 2. The third kappa shape index (κ3) is 5.25. The first kappa shape index (κ1) is 15.4. The first-order valence-corrected chi connectivity index (χ1v) is 6.95. The van der Waals surface area contributed by atoms with Crippen molar-refractivity contribution in [1.29, 1.82) is 0 Å². The van der Waals surface area contributed by atoms with Gasteiger partial charge in [-0.3, -0.25) is 9.59 Å². The molecule has 0 bridgehead atoms. The van der Waals surface area contributed by atoms with Crippen LogP contribution in [0.5, 0.6) is 5.75 Å². The molecule has 104 valence electrons. The van der Waals surface area contributed by atoms with Crippen LogP contribution in [0.4, 0.5) is 0 Å². The fraction of sp³-hybridized carbons (Fsp3) is 0.500. The summed E-state index contributed by atoms with van der Waals surface area (Å²) in [6.45, 7) is 4.47. The number of hydrogen-bond donors (Lipinski definition) is 0. The molecular weight excluding hydrogens is 240 g/mol. The first-order chi connectivity index (χ1) is 9.19. The molecule has 0 aliphatic carbocycles. The second kappa shape index (κ2) is 8.46. The highest BCUT2D eigenvalue weighted by Gasteiger charge is 2.15. The maximum atomic E-state index is 12.1. The van der Waals surface area contributed by atoms with E-state index in [1.807, 2.05) is 13.0 Å². The molecule has 0 unspecified atom stereocenters. The van der Waals surface area contributed by atoms with Crippen LogP contribution < -0.4 is 4.74 Å². The van der Waals surface area contributed by atoms with E-state index in [9.17, 15) is 9.59 Å². The summed E-state index contributed by atoms with van der Waals surface area (Å²) in [7, 11) is 0. The second-order valence-corrected chi connectivity index (χ2v) is 4.52. The second-order valence-electron chi connectivity index (χ2n) is 4.52. The lowest BCUT2D eigenvalue weighted by Gasteiger charge is -2.08. The summed E-state index contributed by atoms with van der Waals surface area (Å²) in [6, 6.07) is 7.09. The van der Waals surface area contributed by atoms with Gasteiger partial charge in [0.15, 0.2) is 5.78 Å². The predicted octanol–water partition coefficient (Wildman–Crippen LogP) is 3.81. The smallest absolute Gasteiger partial charge is 0.173 e. The number of para-hydroxylation sites is 1. The molecule has 0 atom stereocenters. The van der Waals surface area contributed by atoms with E-state index < -0.39 is 0 Å². The van der Waals surface area contributed by atoms with Crippen molar-refractivity contribution in [1.82, 2.24) is 0 Å². The summed E-state index contributed by atoms with van der Waals surface area (Å²) >= 11 is 0. The zero-order valence-corrected chi connectivity index (χ0v) is 11.8. The highest BCUT2D eigenvalue weighted by Crippen LogP contribution is 2.20. The lowest BCUT2D eigenvalue weighted by atomic mass is 10.0. The molecule has 0 heterocycles. The van der Waals surface area contributed by atoms with E-state index in [2.05, 4.69) is 6.92 Å². The molecule has 1 aromatic carbocycles. The minimum absolute atomic E-state index is 0.0183. The molecule has 0 fully saturated rings. The molecule has 1 rings (SSSR count). The lowest BCUT2D eigenvalue weighted by Crippen LogP contribution is -2.10. The van der Waals surface area contributed by atoms with Crippen LogP contribution in [-0.4, -0.2) is 18.2 Å². The number of carbonyl (C=O) groups is 2. The van der Waals surface area contributed by atoms with Crippen LogP contribution in [-0.2, 0) is 4.79 Å². The molecule has 3 nitrogen and oxygen atoms in total. The molecule has 0 N–H and O–H groups in total. The van der Waals surface area contributed by atoms with E-state index in [0.717, 1.165) is 19.3 Å². The van der Waals surface area contributed by atoms with E-state index in [1.165, 1.54) is 0 Å². The third-order valence-corrected chi connectivity index (χ3v) is 2.90. The molecule has 1 aromatic rings. The SMILES string of the molecule is CCCCCC(=O)CC(=O)c1ccccc1OCC. The van der Waals surface area contributed by atoms with Crippen LogP contribution in [0.2, 0.25) is 0 Å². The van der Waals surface area contributed by atoms with Gasteiger partial charge >= 0.3 is 0 Å². The van der Waals surface area contributed by atoms with E-state index in [0.29, 0.717) is 24.3 Å². The maximum Gasteiger partial charge on any atom is 0.173 e. The topological polar surface area (TPSA) is 43.4 Å². The fourth-order valence-electron chi connectivity index (χ4n) is 1.91. The average Bonchev–Trinajstić information content (AvgIpc) is 2.40. The van der Waals surface area contributed by atoms with Gasteiger partial charge < -0.3 is 4.74 Å². The van der Waals surface area contributed by atoms with Gasteiger partial charge in [0.05, 0.1) is 18.6 Å². The Morgan fingerprint density at radius 1 is 1.11 bits per heavy atom. The normalized spacial score (nSPS) is 10.2. The Hall–Kier alpha value is -1.64. The van der Waals surface area contributed by atoms with E-state index in [-0.39, 0.29) is 18.0 Å². The number of Topliss-reactive ketones (excluding diaryl/α,β-unsaturated/α-hetero) is 2. The highest BCUT2D eigenvalue weighted by molar-refractivity contribution is 6.09. The summed E-state index contributed by atoms with van der Waals surface area (Å²) in [5.74, 6) is 0.437. The third-order valence-electron chi connectivity index (χ3n) is 2.90. The Kier molecular flexibility index (Phi) is 6.86. The van der Waals surface area contributed by atoms with Crippen molar-refractivity contribution in [2.24, 2.45) is 0 Å². The van der Waals surface area contributed by atoms with Crippen LogP contribution in [0, 0.1) is 0 Å². The van der Waals surface area contributed by atoms with Gasteiger partial charge in [0.2, 0.25) is 0 Å². The molecule has 0 aliphatic heterocycles. The molecule has 19 heavy (non-hydrogen) atoms. The van der Waals surface area contributed by atoms with Crippen LogP contribution >= 0.6 is 0 Å². The Labute approximate surface area is 115 Å². The van der Waals surface area contributed by atoms with Crippen LogP contribution in [0.3, 0.4) is 0 Å². The van der Waals surface area contributed by atoms with Crippen molar-refractivity contribution in [3.05, 3.63) is 29.8 Å². The zero-order chi connectivity index (χ0) is 14.1. The molecule has 3 heteroatoms. The van der Waals surface area contributed by atoms with Crippen molar-refractivity contribution >= 4 is 11.6 Å². The van der Waals surface area contributed by atoms with Crippen molar-refractivity contribution in [3.63, 3.8) is 0 Å². The summed E-state index contributed by atoms with van der Waals surface area (Å²) in [6.07, 6.45) is 3.46. The van der Waals surface area contributed by atoms with Crippen molar-refractivity contribution in [2.45, 2.75) is 46.0 Å². The Morgan fingerprint density at radius 2 is 1.84 bits per heavy atom. The molecular formula is C16H22O3. The monoisotopic (exact) mass is 262 g/mol. The molecule has 0 amide bonds. The average molecular weight is 262 g/mol. The van der Waals surface area contributed by atoms with Crippen molar-refractivity contribution < 1.29 is 14.3 Å². The minimum Gasteiger partial charge on any atom is -0.493 e. The maximum absolute atomic E-state index is 12.1. The molecule has 0 aliphatic rings. The van der Waals surface area contributed by atoms with Crippen LogP contribution in [0.1, 0.15) is 56.3 Å².